The van der Waals surface area contributed by atoms with E-state index in [1.165, 1.54) is 31.2 Å². The molecule has 0 bridgehead atoms. The third kappa shape index (κ3) is 3.02. The molecule has 7 heteroatoms. The summed E-state index contributed by atoms with van der Waals surface area (Å²) in [6, 6.07) is 10.8. The Kier molecular flexibility index (Phi) is 3.91. The number of hydrogen-bond donors (Lipinski definition) is 2. The van der Waals surface area contributed by atoms with Gasteiger partial charge in [-0.25, -0.2) is 8.42 Å². The lowest BCUT2D eigenvalue weighted by atomic mass is 9.86. The number of Topliss-reactive ketones (excluding diaryl/α,β-unsaturated/α-hetero) is 1. The second kappa shape index (κ2) is 5.70. The molecule has 0 saturated heterocycles. The molecule has 0 radical (unpaired) electrons. The molecule has 1 aliphatic rings. The van der Waals surface area contributed by atoms with Gasteiger partial charge in [-0.1, -0.05) is 0 Å². The molecule has 0 aromatic heterocycles. The number of nitrogens with one attached hydrogen (secondary N) is 2. The van der Waals surface area contributed by atoms with Crippen LogP contribution in [0.5, 0.6) is 0 Å². The lowest BCUT2D eigenvalue weighted by Crippen LogP contribution is -2.27. The van der Waals surface area contributed by atoms with Crippen molar-refractivity contribution in [3.8, 4) is 0 Å². The van der Waals surface area contributed by atoms with E-state index in [-0.39, 0.29) is 16.6 Å². The molecule has 1 amide bonds. The fraction of sp³-hybridized carbons (Fsp3) is 0.222. The molecule has 0 saturated carbocycles. The standard InChI is InChI=1S/C18H18N2O4S/c1-11(21)12-4-6-13(7-5-12)20-25(23,24)14-8-9-16-15(10-14)18(2,3)17(22)19-16/h4-10,20H,1-3H3,(H,19,22). The Bertz CT molecular complexity index is 977. The predicted octanol–water partition coefficient (Wildman–Crippen LogP) is 2.92. The van der Waals surface area contributed by atoms with Gasteiger partial charge in [0, 0.05) is 16.9 Å². The number of amides is 1. The van der Waals surface area contributed by atoms with Crippen LogP contribution >= 0.6 is 0 Å². The van der Waals surface area contributed by atoms with Crippen LogP contribution in [0.1, 0.15) is 36.7 Å². The van der Waals surface area contributed by atoms with E-state index < -0.39 is 15.4 Å². The predicted molar refractivity (Wildman–Crippen MR) is 95.4 cm³/mol. The Labute approximate surface area is 146 Å². The summed E-state index contributed by atoms with van der Waals surface area (Å²) < 4.78 is 27.7. The van der Waals surface area contributed by atoms with Gasteiger partial charge in [0.25, 0.3) is 10.0 Å². The first kappa shape index (κ1) is 17.2. The van der Waals surface area contributed by atoms with Gasteiger partial charge in [-0.2, -0.15) is 0 Å². The molecule has 0 atom stereocenters. The second-order valence-electron chi connectivity index (χ2n) is 6.53. The van der Waals surface area contributed by atoms with E-state index in [2.05, 4.69) is 10.0 Å². The van der Waals surface area contributed by atoms with Crippen LogP contribution in [0.15, 0.2) is 47.4 Å². The van der Waals surface area contributed by atoms with E-state index in [1.807, 2.05) is 0 Å². The fourth-order valence-electron chi connectivity index (χ4n) is 2.70. The van der Waals surface area contributed by atoms with Gasteiger partial charge in [0.2, 0.25) is 5.91 Å². The maximum absolute atomic E-state index is 12.6. The Morgan fingerprint density at radius 1 is 1.08 bits per heavy atom. The quantitative estimate of drug-likeness (QED) is 0.822. The molecule has 0 spiro atoms. The Hall–Kier alpha value is -2.67. The van der Waals surface area contributed by atoms with Crippen molar-refractivity contribution < 1.29 is 18.0 Å². The SMILES string of the molecule is CC(=O)c1ccc(NS(=O)(=O)c2ccc3c(c2)C(C)(C)C(=O)N3)cc1. The molecule has 1 aliphatic heterocycles. The van der Waals surface area contributed by atoms with Crippen LogP contribution in [-0.2, 0) is 20.2 Å². The summed E-state index contributed by atoms with van der Waals surface area (Å²) in [6.07, 6.45) is 0. The van der Waals surface area contributed by atoms with Gasteiger partial charge in [0.05, 0.1) is 10.3 Å². The van der Waals surface area contributed by atoms with Gasteiger partial charge in [0.1, 0.15) is 0 Å². The average molecular weight is 358 g/mol. The van der Waals surface area contributed by atoms with Crippen molar-refractivity contribution in [2.24, 2.45) is 0 Å². The summed E-state index contributed by atoms with van der Waals surface area (Å²) in [5.41, 5.74) is 1.35. The summed E-state index contributed by atoms with van der Waals surface area (Å²) in [6.45, 7) is 4.94. The van der Waals surface area contributed by atoms with E-state index in [1.54, 1.807) is 32.0 Å². The van der Waals surface area contributed by atoms with Gasteiger partial charge in [0.15, 0.2) is 5.78 Å². The number of sulfonamides is 1. The van der Waals surface area contributed by atoms with Crippen molar-refractivity contribution in [2.45, 2.75) is 31.1 Å². The van der Waals surface area contributed by atoms with Crippen LogP contribution in [0.2, 0.25) is 0 Å². The molecule has 0 unspecified atom stereocenters. The number of rotatable bonds is 4. The van der Waals surface area contributed by atoms with Crippen LogP contribution in [0.25, 0.3) is 0 Å². The van der Waals surface area contributed by atoms with Crippen molar-refractivity contribution in [1.29, 1.82) is 0 Å². The fourth-order valence-corrected chi connectivity index (χ4v) is 3.79. The minimum Gasteiger partial charge on any atom is -0.325 e. The molecule has 1 heterocycles. The first-order valence-corrected chi connectivity index (χ1v) is 9.19. The zero-order valence-electron chi connectivity index (χ0n) is 14.1. The maximum atomic E-state index is 12.6. The number of benzene rings is 2. The van der Waals surface area contributed by atoms with Crippen LogP contribution < -0.4 is 10.0 Å². The number of hydrogen-bond acceptors (Lipinski definition) is 4. The summed E-state index contributed by atoms with van der Waals surface area (Å²) >= 11 is 0. The van der Waals surface area contributed by atoms with Crippen LogP contribution in [-0.4, -0.2) is 20.1 Å². The number of ketones is 1. The molecule has 0 fully saturated rings. The van der Waals surface area contributed by atoms with E-state index >= 15 is 0 Å². The molecule has 2 aromatic carbocycles. The third-order valence-corrected chi connectivity index (χ3v) is 5.71. The minimum atomic E-state index is -3.81. The minimum absolute atomic E-state index is 0.0754. The monoisotopic (exact) mass is 358 g/mol. The number of carbonyl (C=O) groups is 2. The highest BCUT2D eigenvalue weighted by atomic mass is 32.2. The molecule has 3 rings (SSSR count). The first-order chi connectivity index (χ1) is 11.6. The van der Waals surface area contributed by atoms with Gasteiger partial charge in [-0.15, -0.1) is 0 Å². The highest BCUT2D eigenvalue weighted by Crippen LogP contribution is 2.38. The zero-order chi connectivity index (χ0) is 18.4. The summed E-state index contributed by atoms with van der Waals surface area (Å²) in [4.78, 5) is 23.4. The van der Waals surface area contributed by atoms with Crippen molar-refractivity contribution >= 4 is 33.1 Å². The van der Waals surface area contributed by atoms with Crippen LogP contribution in [0, 0.1) is 0 Å². The smallest absolute Gasteiger partial charge is 0.261 e. The number of carbonyl (C=O) groups excluding carboxylic acids is 2. The van der Waals surface area contributed by atoms with Crippen molar-refractivity contribution in [1.82, 2.24) is 0 Å². The maximum Gasteiger partial charge on any atom is 0.261 e. The topological polar surface area (TPSA) is 92.3 Å². The number of anilines is 2. The molecule has 2 aromatic rings. The largest absolute Gasteiger partial charge is 0.325 e. The molecular formula is C18H18N2O4S. The zero-order valence-corrected chi connectivity index (χ0v) is 14.9. The first-order valence-electron chi connectivity index (χ1n) is 7.71. The highest BCUT2D eigenvalue weighted by molar-refractivity contribution is 7.92. The Morgan fingerprint density at radius 3 is 2.32 bits per heavy atom. The van der Waals surface area contributed by atoms with E-state index in [0.29, 0.717) is 22.5 Å². The van der Waals surface area contributed by atoms with Gasteiger partial charge in [-0.05, 0) is 68.8 Å². The molecule has 2 N–H and O–H groups in total. The molecule has 0 aliphatic carbocycles. The van der Waals surface area contributed by atoms with E-state index in [9.17, 15) is 18.0 Å². The summed E-state index contributed by atoms with van der Waals surface area (Å²) in [5, 5.41) is 2.75. The van der Waals surface area contributed by atoms with E-state index in [4.69, 9.17) is 0 Å². The number of fused-ring (bicyclic) bond motifs is 1. The Morgan fingerprint density at radius 2 is 1.72 bits per heavy atom. The molecular weight excluding hydrogens is 340 g/mol. The van der Waals surface area contributed by atoms with Crippen molar-refractivity contribution in [3.63, 3.8) is 0 Å². The molecule has 6 nitrogen and oxygen atoms in total. The summed E-state index contributed by atoms with van der Waals surface area (Å²) in [7, 11) is -3.81. The lowest BCUT2D eigenvalue weighted by molar-refractivity contribution is -0.119. The van der Waals surface area contributed by atoms with Crippen LogP contribution in [0.3, 0.4) is 0 Å². The third-order valence-electron chi connectivity index (χ3n) is 4.33. The van der Waals surface area contributed by atoms with Gasteiger partial charge < -0.3 is 5.32 Å². The second-order valence-corrected chi connectivity index (χ2v) is 8.21. The average Bonchev–Trinajstić information content (AvgIpc) is 2.77. The molecule has 25 heavy (non-hydrogen) atoms. The van der Waals surface area contributed by atoms with Crippen LogP contribution in [0.4, 0.5) is 11.4 Å². The van der Waals surface area contributed by atoms with Crippen molar-refractivity contribution in [2.75, 3.05) is 10.0 Å². The summed E-state index contributed by atoms with van der Waals surface area (Å²) in [5.74, 6) is -0.253. The Balaban J connectivity index is 1.92. The highest BCUT2D eigenvalue weighted by Gasteiger charge is 2.39. The van der Waals surface area contributed by atoms with Crippen molar-refractivity contribution in [3.05, 3.63) is 53.6 Å². The van der Waals surface area contributed by atoms with Gasteiger partial charge in [-0.3, -0.25) is 14.3 Å². The van der Waals surface area contributed by atoms with Gasteiger partial charge >= 0.3 is 0 Å². The lowest BCUT2D eigenvalue weighted by Gasteiger charge is -2.16. The normalized spacial score (nSPS) is 15.4. The van der Waals surface area contributed by atoms with E-state index in [0.717, 1.165) is 0 Å². The molecule has 130 valence electrons.